The number of halogens is 2. The van der Waals surface area contributed by atoms with Gasteiger partial charge in [-0.25, -0.2) is 0 Å². The quantitative estimate of drug-likeness (QED) is 0.628. The third-order valence-electron chi connectivity index (χ3n) is 4.42. The molecule has 7 heteroatoms. The topological polar surface area (TPSA) is 58.6 Å². The van der Waals surface area contributed by atoms with Crippen LogP contribution in [0.15, 0.2) is 46.9 Å². The molecule has 5 nitrogen and oxygen atoms in total. The van der Waals surface area contributed by atoms with E-state index in [1.54, 1.807) is 19.2 Å². The number of benzene rings is 2. The molecule has 2 aromatic rings. The molecule has 2 aromatic carbocycles. The molecule has 0 unspecified atom stereocenters. The van der Waals surface area contributed by atoms with Gasteiger partial charge in [-0.15, -0.1) is 0 Å². The number of likely N-dealkylation sites (N-methyl/N-ethyl adjacent to an activating group) is 1. The molecular formula is C21H24BrClN2O3. The van der Waals surface area contributed by atoms with Crippen LogP contribution in [0.25, 0.3) is 0 Å². The lowest BCUT2D eigenvalue weighted by Gasteiger charge is -2.30. The summed E-state index contributed by atoms with van der Waals surface area (Å²) < 4.78 is 6.65. The highest BCUT2D eigenvalue weighted by molar-refractivity contribution is 9.10. The molecule has 0 fully saturated rings. The molecule has 1 atom stereocenters. The minimum absolute atomic E-state index is 0.168. The number of hydrogen-bond acceptors (Lipinski definition) is 3. The van der Waals surface area contributed by atoms with Gasteiger partial charge in [-0.1, -0.05) is 52.7 Å². The molecule has 0 spiro atoms. The number of aryl methyl sites for hydroxylation is 1. The predicted molar refractivity (Wildman–Crippen MR) is 115 cm³/mol. The highest BCUT2D eigenvalue weighted by Crippen LogP contribution is 2.23. The van der Waals surface area contributed by atoms with Gasteiger partial charge in [-0.05, 0) is 48.7 Å². The molecule has 2 amide bonds. The largest absolute Gasteiger partial charge is 0.484 e. The fourth-order valence-electron chi connectivity index (χ4n) is 2.83. The van der Waals surface area contributed by atoms with E-state index in [9.17, 15) is 9.59 Å². The van der Waals surface area contributed by atoms with E-state index >= 15 is 0 Å². The molecule has 0 saturated heterocycles. The van der Waals surface area contributed by atoms with Gasteiger partial charge >= 0.3 is 0 Å². The fraction of sp³-hybridized carbons (Fsp3) is 0.333. The summed E-state index contributed by atoms with van der Waals surface area (Å²) in [5.41, 5.74) is 1.79. The van der Waals surface area contributed by atoms with E-state index < -0.39 is 6.04 Å². The lowest BCUT2D eigenvalue weighted by Crippen LogP contribution is -2.49. The van der Waals surface area contributed by atoms with Crippen molar-refractivity contribution >= 4 is 39.3 Å². The molecule has 0 heterocycles. The summed E-state index contributed by atoms with van der Waals surface area (Å²) in [5, 5.41) is 3.18. The number of nitrogens with zero attached hydrogens (tertiary/aromatic N) is 1. The monoisotopic (exact) mass is 466 g/mol. The zero-order valence-electron chi connectivity index (χ0n) is 16.2. The minimum Gasteiger partial charge on any atom is -0.484 e. The van der Waals surface area contributed by atoms with Crippen molar-refractivity contribution in [1.82, 2.24) is 10.2 Å². The maximum atomic E-state index is 13.0. The summed E-state index contributed by atoms with van der Waals surface area (Å²) in [5.74, 6) is 0.0954. The molecule has 2 rings (SSSR count). The van der Waals surface area contributed by atoms with Gasteiger partial charge in [0.25, 0.3) is 5.91 Å². The molecule has 0 radical (unpaired) electrons. The van der Waals surface area contributed by atoms with Crippen molar-refractivity contribution in [3.05, 3.63) is 63.1 Å². The Kier molecular flexibility index (Phi) is 8.33. The first-order valence-electron chi connectivity index (χ1n) is 9.00. The molecule has 150 valence electrons. The molecule has 0 aliphatic rings. The molecule has 0 bridgehead atoms. The average Bonchev–Trinajstić information content (AvgIpc) is 2.69. The summed E-state index contributed by atoms with van der Waals surface area (Å²) in [6.07, 6.45) is 0.479. The summed E-state index contributed by atoms with van der Waals surface area (Å²) >= 11 is 9.71. The summed E-state index contributed by atoms with van der Waals surface area (Å²) in [6.45, 7) is 3.87. The van der Waals surface area contributed by atoms with Crippen LogP contribution in [0, 0.1) is 6.92 Å². The molecule has 0 aliphatic heterocycles. The van der Waals surface area contributed by atoms with Crippen molar-refractivity contribution in [2.75, 3.05) is 13.7 Å². The Hall–Kier alpha value is -2.05. The smallest absolute Gasteiger partial charge is 0.261 e. The second-order valence-corrected chi connectivity index (χ2v) is 7.61. The maximum absolute atomic E-state index is 13.0. The number of rotatable bonds is 8. The molecule has 0 aliphatic carbocycles. The van der Waals surface area contributed by atoms with Crippen LogP contribution >= 0.6 is 27.5 Å². The summed E-state index contributed by atoms with van der Waals surface area (Å²) in [6, 6.07) is 12.2. The number of hydrogen-bond donors (Lipinski definition) is 1. The minimum atomic E-state index is -0.607. The molecule has 0 saturated carbocycles. The number of ether oxygens (including phenoxy) is 1. The second-order valence-electron chi connectivity index (χ2n) is 6.35. The van der Waals surface area contributed by atoms with Gasteiger partial charge in [0.15, 0.2) is 6.61 Å². The van der Waals surface area contributed by atoms with Gasteiger partial charge in [0.2, 0.25) is 5.91 Å². The highest BCUT2D eigenvalue weighted by Gasteiger charge is 2.28. The lowest BCUT2D eigenvalue weighted by atomic mass is 10.1. The second kappa shape index (κ2) is 10.5. The third kappa shape index (κ3) is 5.72. The number of nitrogens with one attached hydrogen (secondary N) is 1. The van der Waals surface area contributed by atoms with Crippen LogP contribution < -0.4 is 10.1 Å². The average molecular weight is 468 g/mol. The fourth-order valence-corrected chi connectivity index (χ4v) is 3.27. The Bertz CT molecular complexity index is 844. The summed E-state index contributed by atoms with van der Waals surface area (Å²) in [7, 11) is 1.56. The van der Waals surface area contributed by atoms with Crippen LogP contribution in [0.3, 0.4) is 0 Å². The third-order valence-corrected chi connectivity index (χ3v) is 5.68. The van der Waals surface area contributed by atoms with Crippen molar-refractivity contribution in [2.45, 2.75) is 32.9 Å². The van der Waals surface area contributed by atoms with E-state index in [1.165, 1.54) is 4.90 Å². The Morgan fingerprint density at radius 3 is 2.57 bits per heavy atom. The molecule has 0 aromatic heterocycles. The van der Waals surface area contributed by atoms with Gasteiger partial charge in [-0.3, -0.25) is 9.59 Å². The Balaban J connectivity index is 2.21. The van der Waals surface area contributed by atoms with Gasteiger partial charge in [0, 0.05) is 23.1 Å². The van der Waals surface area contributed by atoms with Crippen LogP contribution in [0.5, 0.6) is 5.75 Å². The van der Waals surface area contributed by atoms with Crippen LogP contribution in [-0.4, -0.2) is 36.4 Å². The number of carbonyl (C=O) groups is 2. The Labute approximate surface area is 179 Å². The zero-order valence-corrected chi connectivity index (χ0v) is 18.5. The van der Waals surface area contributed by atoms with E-state index in [-0.39, 0.29) is 25.0 Å². The van der Waals surface area contributed by atoms with Crippen molar-refractivity contribution in [3.63, 3.8) is 0 Å². The maximum Gasteiger partial charge on any atom is 0.261 e. The molecule has 1 N–H and O–H groups in total. The number of carbonyl (C=O) groups excluding carboxylic acids is 2. The van der Waals surface area contributed by atoms with Gasteiger partial charge < -0.3 is 15.0 Å². The van der Waals surface area contributed by atoms with Crippen molar-refractivity contribution < 1.29 is 14.3 Å². The predicted octanol–water partition coefficient (Wildman–Crippen LogP) is 4.34. The standard InChI is InChI=1S/C21H24BrClN2O3/c1-4-19(21(27)24-3)25(12-15-7-5-6-8-18(15)23)20(26)13-28-16-9-10-17(22)14(2)11-16/h5-11,19H,4,12-13H2,1-3H3,(H,24,27)/t19-/m0/s1. The van der Waals surface area contributed by atoms with E-state index in [0.717, 1.165) is 15.6 Å². The van der Waals surface area contributed by atoms with Crippen molar-refractivity contribution in [2.24, 2.45) is 0 Å². The van der Waals surface area contributed by atoms with Crippen LogP contribution in [-0.2, 0) is 16.1 Å². The number of amides is 2. The lowest BCUT2D eigenvalue weighted by molar-refractivity contribution is -0.142. The van der Waals surface area contributed by atoms with Crippen LogP contribution in [0.1, 0.15) is 24.5 Å². The summed E-state index contributed by atoms with van der Waals surface area (Å²) in [4.78, 5) is 26.8. The van der Waals surface area contributed by atoms with Crippen LogP contribution in [0.4, 0.5) is 0 Å². The first kappa shape index (κ1) is 22.2. The normalized spacial score (nSPS) is 11.6. The molecular weight excluding hydrogens is 444 g/mol. The molecule has 28 heavy (non-hydrogen) atoms. The van der Waals surface area contributed by atoms with Crippen molar-refractivity contribution in [1.29, 1.82) is 0 Å². The van der Waals surface area contributed by atoms with E-state index in [0.29, 0.717) is 17.2 Å². The first-order valence-corrected chi connectivity index (χ1v) is 10.2. The Morgan fingerprint density at radius 1 is 1.25 bits per heavy atom. The van der Waals surface area contributed by atoms with E-state index in [2.05, 4.69) is 21.2 Å². The van der Waals surface area contributed by atoms with E-state index in [1.807, 2.05) is 44.2 Å². The van der Waals surface area contributed by atoms with Crippen molar-refractivity contribution in [3.8, 4) is 5.75 Å². The Morgan fingerprint density at radius 2 is 1.96 bits per heavy atom. The van der Waals surface area contributed by atoms with Gasteiger partial charge in [0.1, 0.15) is 11.8 Å². The first-order chi connectivity index (χ1) is 13.4. The SMILES string of the molecule is CC[C@@H](C(=O)NC)N(Cc1ccccc1Cl)C(=O)COc1ccc(Br)c(C)c1. The van der Waals surface area contributed by atoms with E-state index in [4.69, 9.17) is 16.3 Å². The van der Waals surface area contributed by atoms with Gasteiger partial charge in [0.05, 0.1) is 0 Å². The zero-order chi connectivity index (χ0) is 20.7. The highest BCUT2D eigenvalue weighted by atomic mass is 79.9. The van der Waals surface area contributed by atoms with Gasteiger partial charge in [-0.2, -0.15) is 0 Å². The van der Waals surface area contributed by atoms with Crippen LogP contribution in [0.2, 0.25) is 5.02 Å².